The summed E-state index contributed by atoms with van der Waals surface area (Å²) in [6, 6.07) is 7.19. The number of alkyl carbamates (subject to hydrolysis) is 1. The van der Waals surface area contributed by atoms with Gasteiger partial charge >= 0.3 is 12.1 Å². The van der Waals surface area contributed by atoms with E-state index in [1.807, 2.05) is 45.0 Å². The van der Waals surface area contributed by atoms with Crippen molar-refractivity contribution in [1.82, 2.24) is 15.3 Å². The lowest BCUT2D eigenvalue weighted by molar-refractivity contribution is 0.0504. The number of ether oxygens (including phenoxy) is 1. The fourth-order valence-corrected chi connectivity index (χ4v) is 3.21. The Labute approximate surface area is 170 Å². The van der Waals surface area contributed by atoms with Gasteiger partial charge in [0.15, 0.2) is 5.82 Å². The van der Waals surface area contributed by atoms with Crippen molar-refractivity contribution in [2.45, 2.75) is 52.2 Å². The Bertz CT molecular complexity index is 894. The molecule has 1 aromatic heterocycles. The second-order valence-corrected chi connectivity index (χ2v) is 8.04. The highest BCUT2D eigenvalue weighted by molar-refractivity contribution is 6.02. The van der Waals surface area contributed by atoms with Gasteiger partial charge in [0.05, 0.1) is 11.7 Å². The predicted octanol–water partition coefficient (Wildman–Crippen LogP) is 3.66. The van der Waals surface area contributed by atoms with E-state index in [-0.39, 0.29) is 12.1 Å². The van der Waals surface area contributed by atoms with Gasteiger partial charge in [-0.15, -0.1) is 0 Å². The first-order valence-electron chi connectivity index (χ1n) is 9.66. The van der Waals surface area contributed by atoms with Crippen LogP contribution in [0.5, 0.6) is 0 Å². The van der Waals surface area contributed by atoms with Crippen molar-refractivity contribution < 1.29 is 14.3 Å². The van der Waals surface area contributed by atoms with E-state index in [1.165, 1.54) is 6.20 Å². The summed E-state index contributed by atoms with van der Waals surface area (Å²) in [5, 5.41) is 5.73. The van der Waals surface area contributed by atoms with Crippen LogP contribution in [0.2, 0.25) is 0 Å². The summed E-state index contributed by atoms with van der Waals surface area (Å²) >= 11 is 0. The molecule has 1 aliphatic heterocycles. The number of nitrogens with one attached hydrogen (secondary N) is 2. The number of carbonyl (C=O) groups is 2. The average Bonchev–Trinajstić information content (AvgIpc) is 2.82. The van der Waals surface area contributed by atoms with Crippen LogP contribution in [0.15, 0.2) is 36.7 Å². The molecule has 0 fully saturated rings. The quantitative estimate of drug-likeness (QED) is 0.806. The monoisotopic (exact) mass is 397 g/mol. The molecule has 1 aromatic carbocycles. The van der Waals surface area contributed by atoms with E-state index >= 15 is 0 Å². The van der Waals surface area contributed by atoms with E-state index in [9.17, 15) is 9.59 Å². The SMILES string of the molecule is Cc1nccnc1NC(=O)N1CC(NC(=O)OC(C)(C)C)CCc2ccccc21. The molecule has 0 saturated heterocycles. The number of urea groups is 1. The van der Waals surface area contributed by atoms with Crippen LogP contribution in [-0.4, -0.2) is 40.3 Å². The molecule has 3 rings (SSSR count). The van der Waals surface area contributed by atoms with Gasteiger partial charge < -0.3 is 10.1 Å². The van der Waals surface area contributed by atoms with Crippen LogP contribution in [0.3, 0.4) is 0 Å². The van der Waals surface area contributed by atoms with Crippen LogP contribution in [0.25, 0.3) is 0 Å². The second kappa shape index (κ2) is 8.46. The Morgan fingerprint density at radius 1 is 1.17 bits per heavy atom. The Morgan fingerprint density at radius 3 is 2.62 bits per heavy atom. The minimum absolute atomic E-state index is 0.244. The van der Waals surface area contributed by atoms with E-state index in [1.54, 1.807) is 18.0 Å². The Balaban J connectivity index is 1.81. The zero-order valence-corrected chi connectivity index (χ0v) is 17.2. The number of benzene rings is 1. The number of rotatable bonds is 2. The van der Waals surface area contributed by atoms with Gasteiger partial charge in [-0.2, -0.15) is 0 Å². The number of carbonyl (C=O) groups excluding carboxylic acids is 2. The summed E-state index contributed by atoms with van der Waals surface area (Å²) in [7, 11) is 0. The molecule has 2 aromatic rings. The van der Waals surface area contributed by atoms with Crippen LogP contribution >= 0.6 is 0 Å². The van der Waals surface area contributed by atoms with Crippen LogP contribution in [0.1, 0.15) is 38.4 Å². The molecular weight excluding hydrogens is 370 g/mol. The minimum atomic E-state index is -0.585. The number of amides is 3. The first kappa shape index (κ1) is 20.6. The third-order valence-electron chi connectivity index (χ3n) is 4.52. The largest absolute Gasteiger partial charge is 0.444 e. The molecule has 0 bridgehead atoms. The maximum Gasteiger partial charge on any atom is 0.407 e. The second-order valence-electron chi connectivity index (χ2n) is 8.04. The zero-order chi connectivity index (χ0) is 21.0. The minimum Gasteiger partial charge on any atom is -0.444 e. The number of hydrogen-bond donors (Lipinski definition) is 2. The molecule has 8 nitrogen and oxygen atoms in total. The first-order valence-corrected chi connectivity index (χ1v) is 9.66. The summed E-state index contributed by atoms with van der Waals surface area (Å²) in [6.07, 6.45) is 4.06. The standard InChI is InChI=1S/C21H27N5O3/c1-14-18(23-12-11-22-14)25-19(27)26-13-16(24-20(28)29-21(2,3)4)10-9-15-7-5-6-8-17(15)26/h5-8,11-12,16H,9-10,13H2,1-4H3,(H,24,28)(H,23,25,27). The van der Waals surface area contributed by atoms with Gasteiger partial charge in [0.1, 0.15) is 5.60 Å². The predicted molar refractivity (Wildman–Crippen MR) is 111 cm³/mol. The van der Waals surface area contributed by atoms with Crippen LogP contribution in [0.4, 0.5) is 21.1 Å². The molecule has 154 valence electrons. The molecule has 3 amide bonds. The summed E-state index contributed by atoms with van der Waals surface area (Å²) in [4.78, 5) is 35.3. The Hall–Kier alpha value is -3.16. The van der Waals surface area contributed by atoms with Gasteiger partial charge in [-0.3, -0.25) is 15.2 Å². The van der Waals surface area contributed by atoms with Crippen molar-refractivity contribution in [1.29, 1.82) is 0 Å². The number of hydrogen-bond acceptors (Lipinski definition) is 5. The molecular formula is C21H27N5O3. The summed E-state index contributed by atoms with van der Waals surface area (Å²) in [6.45, 7) is 7.56. The highest BCUT2D eigenvalue weighted by Crippen LogP contribution is 2.27. The molecule has 8 heteroatoms. The van der Waals surface area contributed by atoms with Crippen molar-refractivity contribution in [3.63, 3.8) is 0 Å². The molecule has 2 N–H and O–H groups in total. The number of aryl methyl sites for hydroxylation is 2. The van der Waals surface area contributed by atoms with E-state index in [0.717, 1.165) is 17.7 Å². The number of para-hydroxylation sites is 1. The molecule has 1 unspecified atom stereocenters. The molecule has 2 heterocycles. The lowest BCUT2D eigenvalue weighted by Gasteiger charge is -2.27. The summed E-state index contributed by atoms with van der Waals surface area (Å²) < 4.78 is 5.38. The summed E-state index contributed by atoms with van der Waals surface area (Å²) in [5.41, 5.74) is 1.91. The number of nitrogens with zero attached hydrogens (tertiary/aromatic N) is 3. The zero-order valence-electron chi connectivity index (χ0n) is 17.2. The van der Waals surface area contributed by atoms with Gasteiger partial charge in [-0.25, -0.2) is 14.6 Å². The molecule has 0 saturated carbocycles. The van der Waals surface area contributed by atoms with Crippen molar-refractivity contribution in [3.8, 4) is 0 Å². The fourth-order valence-electron chi connectivity index (χ4n) is 3.21. The molecule has 1 atom stereocenters. The Morgan fingerprint density at radius 2 is 1.90 bits per heavy atom. The van der Waals surface area contributed by atoms with E-state index in [0.29, 0.717) is 24.5 Å². The maximum atomic E-state index is 13.1. The Kier molecular flexibility index (Phi) is 6.00. The maximum absolute atomic E-state index is 13.1. The van der Waals surface area contributed by atoms with Gasteiger partial charge in [0.2, 0.25) is 0 Å². The first-order chi connectivity index (χ1) is 13.7. The molecule has 0 aliphatic carbocycles. The van der Waals surface area contributed by atoms with Crippen LogP contribution in [-0.2, 0) is 11.2 Å². The molecule has 0 spiro atoms. The van der Waals surface area contributed by atoms with Crippen molar-refractivity contribution in [2.75, 3.05) is 16.8 Å². The smallest absolute Gasteiger partial charge is 0.407 e. The topological polar surface area (TPSA) is 96.5 Å². The van der Waals surface area contributed by atoms with E-state index < -0.39 is 11.7 Å². The van der Waals surface area contributed by atoms with Crippen molar-refractivity contribution in [2.24, 2.45) is 0 Å². The average molecular weight is 397 g/mol. The highest BCUT2D eigenvalue weighted by Gasteiger charge is 2.28. The lowest BCUT2D eigenvalue weighted by Crippen LogP contribution is -2.47. The van der Waals surface area contributed by atoms with Gasteiger partial charge in [0, 0.05) is 24.6 Å². The van der Waals surface area contributed by atoms with Gasteiger partial charge in [0.25, 0.3) is 0 Å². The van der Waals surface area contributed by atoms with Crippen LogP contribution < -0.4 is 15.5 Å². The third kappa shape index (κ3) is 5.43. The highest BCUT2D eigenvalue weighted by atomic mass is 16.6. The van der Waals surface area contributed by atoms with E-state index in [2.05, 4.69) is 20.6 Å². The number of aromatic nitrogens is 2. The lowest BCUT2D eigenvalue weighted by atomic mass is 10.1. The van der Waals surface area contributed by atoms with Crippen LogP contribution in [0, 0.1) is 6.92 Å². The molecule has 1 aliphatic rings. The summed E-state index contributed by atoms with van der Waals surface area (Å²) in [5.74, 6) is 0.413. The number of fused-ring (bicyclic) bond motifs is 1. The number of anilines is 2. The fraction of sp³-hybridized carbons (Fsp3) is 0.429. The van der Waals surface area contributed by atoms with Gasteiger partial charge in [-0.05, 0) is 52.2 Å². The van der Waals surface area contributed by atoms with Crippen molar-refractivity contribution >= 4 is 23.6 Å². The normalized spacial score (nSPS) is 16.4. The third-order valence-corrected chi connectivity index (χ3v) is 4.52. The molecule has 29 heavy (non-hydrogen) atoms. The van der Waals surface area contributed by atoms with Crippen molar-refractivity contribution in [3.05, 3.63) is 47.9 Å². The molecule has 0 radical (unpaired) electrons. The van der Waals surface area contributed by atoms with E-state index in [4.69, 9.17) is 4.74 Å². The van der Waals surface area contributed by atoms with Gasteiger partial charge in [-0.1, -0.05) is 18.2 Å².